The number of halogens is 4. The van der Waals surface area contributed by atoms with Gasteiger partial charge in [0.1, 0.15) is 11.6 Å². The number of unbranched alkanes of at least 4 members (excludes halogenated alkanes) is 3. The van der Waals surface area contributed by atoms with Crippen LogP contribution in [0.25, 0.3) is 0 Å². The van der Waals surface area contributed by atoms with Gasteiger partial charge in [0.2, 0.25) is 0 Å². The average molecular weight is 296 g/mol. The molecule has 1 rings (SSSR count). The molecular weight excluding hydrogens is 280 g/mol. The van der Waals surface area contributed by atoms with Crippen LogP contribution in [0.5, 0.6) is 5.75 Å². The molecule has 0 aliphatic heterocycles. The van der Waals surface area contributed by atoms with Gasteiger partial charge in [0.05, 0.1) is 12.2 Å². The predicted octanol–water partition coefficient (Wildman–Crippen LogP) is 4.71. The van der Waals surface area contributed by atoms with Crippen molar-refractivity contribution in [3.05, 3.63) is 29.6 Å². The van der Waals surface area contributed by atoms with Crippen molar-refractivity contribution >= 4 is 12.6 Å². The number of alkyl halides is 3. The topological polar surface area (TPSA) is 9.23 Å². The smallest absolute Gasteiger partial charge is 0.419 e. The highest BCUT2D eigenvalue weighted by Crippen LogP contribution is 2.33. The van der Waals surface area contributed by atoms with Crippen molar-refractivity contribution in [1.82, 2.24) is 0 Å². The Morgan fingerprint density at radius 2 is 1.74 bits per heavy atom. The van der Waals surface area contributed by atoms with E-state index in [1.165, 1.54) is 6.07 Å². The summed E-state index contributed by atoms with van der Waals surface area (Å²) < 4.78 is 55.6. The lowest BCUT2D eigenvalue weighted by atomic mass is 10.2. The minimum Gasteiger partial charge on any atom is -0.494 e. The summed E-state index contributed by atoms with van der Waals surface area (Å²) in [6.07, 6.45) is -0.974. The number of rotatable bonds is 7. The van der Waals surface area contributed by atoms with Gasteiger partial charge >= 0.3 is 6.18 Å². The minimum absolute atomic E-state index is 0.0444. The first-order valence-corrected chi connectivity index (χ1v) is 6.69. The van der Waals surface area contributed by atoms with E-state index in [1.807, 2.05) is 0 Å². The van der Waals surface area contributed by atoms with E-state index in [4.69, 9.17) is 4.74 Å². The molecule has 108 valence electrons. The second-order valence-corrected chi connectivity index (χ2v) is 4.57. The first kappa shape index (κ1) is 16.1. The Morgan fingerprint density at radius 3 is 2.37 bits per heavy atom. The van der Waals surface area contributed by atoms with Gasteiger partial charge in [0, 0.05) is 0 Å². The Bertz CT molecular complexity index is 393. The quantitative estimate of drug-likeness (QED) is 0.435. The van der Waals surface area contributed by atoms with Gasteiger partial charge in [-0.15, -0.1) is 0 Å². The van der Waals surface area contributed by atoms with Gasteiger partial charge in [0.15, 0.2) is 0 Å². The fourth-order valence-corrected chi connectivity index (χ4v) is 1.79. The number of ether oxygens (including phenoxy) is 1. The zero-order chi connectivity index (χ0) is 14.3. The molecule has 0 N–H and O–H groups in total. The summed E-state index contributed by atoms with van der Waals surface area (Å²) in [6.45, 7) is 0.329. The van der Waals surface area contributed by atoms with Gasteiger partial charge in [0.25, 0.3) is 0 Å². The van der Waals surface area contributed by atoms with E-state index in [9.17, 15) is 17.6 Å². The zero-order valence-corrected chi connectivity index (χ0v) is 11.2. The second-order valence-electron chi connectivity index (χ2n) is 4.13. The number of hydrogen-bond donors (Lipinski definition) is 1. The highest BCUT2D eigenvalue weighted by molar-refractivity contribution is 7.80. The normalized spacial score (nSPS) is 11.6. The molecule has 1 aromatic carbocycles. The molecule has 0 spiro atoms. The lowest BCUT2D eigenvalue weighted by Crippen LogP contribution is -2.08. The van der Waals surface area contributed by atoms with Crippen molar-refractivity contribution in [3.8, 4) is 5.75 Å². The molecule has 6 heteroatoms. The first-order valence-electron chi connectivity index (χ1n) is 6.05. The molecule has 0 saturated heterocycles. The highest BCUT2D eigenvalue weighted by atomic mass is 32.1. The SMILES string of the molecule is Fc1ccc(OCCCCCCS)cc1C(F)(F)F. The van der Waals surface area contributed by atoms with Crippen LogP contribution < -0.4 is 4.74 Å². The first-order chi connectivity index (χ1) is 8.95. The molecule has 1 aromatic rings. The number of benzene rings is 1. The summed E-state index contributed by atoms with van der Waals surface area (Å²) in [7, 11) is 0. The van der Waals surface area contributed by atoms with Gasteiger partial charge in [-0.25, -0.2) is 4.39 Å². The Balaban J connectivity index is 2.47. The molecule has 0 unspecified atom stereocenters. The minimum atomic E-state index is -4.70. The van der Waals surface area contributed by atoms with Crippen LogP contribution in [0.15, 0.2) is 18.2 Å². The summed E-state index contributed by atoms with van der Waals surface area (Å²) in [4.78, 5) is 0. The van der Waals surface area contributed by atoms with Crippen LogP contribution in [0.4, 0.5) is 17.6 Å². The number of thiol groups is 1. The summed E-state index contributed by atoms with van der Waals surface area (Å²) >= 11 is 4.08. The largest absolute Gasteiger partial charge is 0.494 e. The van der Waals surface area contributed by atoms with E-state index in [-0.39, 0.29) is 5.75 Å². The van der Waals surface area contributed by atoms with Crippen LogP contribution in [0.2, 0.25) is 0 Å². The van der Waals surface area contributed by atoms with E-state index >= 15 is 0 Å². The third-order valence-corrected chi connectivity index (χ3v) is 2.88. The average Bonchev–Trinajstić information content (AvgIpc) is 2.34. The lowest BCUT2D eigenvalue weighted by molar-refractivity contribution is -0.140. The van der Waals surface area contributed by atoms with Gasteiger partial charge in [-0.2, -0.15) is 25.8 Å². The molecule has 0 atom stereocenters. The Morgan fingerprint density at radius 1 is 1.05 bits per heavy atom. The van der Waals surface area contributed by atoms with Crippen LogP contribution >= 0.6 is 12.6 Å². The number of hydrogen-bond acceptors (Lipinski definition) is 2. The van der Waals surface area contributed by atoms with Crippen LogP contribution in [0.3, 0.4) is 0 Å². The molecule has 0 bridgehead atoms. The van der Waals surface area contributed by atoms with Crippen LogP contribution in [0, 0.1) is 5.82 Å². The second kappa shape index (κ2) is 7.62. The van der Waals surface area contributed by atoms with E-state index in [0.717, 1.165) is 37.5 Å². The zero-order valence-electron chi connectivity index (χ0n) is 10.3. The Labute approximate surface area is 115 Å². The van der Waals surface area contributed by atoms with Crippen LogP contribution in [-0.4, -0.2) is 12.4 Å². The fourth-order valence-electron chi connectivity index (χ4n) is 1.57. The van der Waals surface area contributed by atoms with Gasteiger partial charge in [-0.1, -0.05) is 12.8 Å². The molecule has 0 saturated carbocycles. The van der Waals surface area contributed by atoms with Crippen molar-refractivity contribution < 1.29 is 22.3 Å². The maximum absolute atomic E-state index is 13.0. The molecule has 0 aliphatic carbocycles. The monoisotopic (exact) mass is 296 g/mol. The fraction of sp³-hybridized carbons (Fsp3) is 0.538. The van der Waals surface area contributed by atoms with Crippen molar-refractivity contribution in [2.24, 2.45) is 0 Å². The third-order valence-electron chi connectivity index (χ3n) is 2.56. The van der Waals surface area contributed by atoms with E-state index in [1.54, 1.807) is 0 Å². The molecule has 19 heavy (non-hydrogen) atoms. The molecule has 0 heterocycles. The summed E-state index contributed by atoms with van der Waals surface area (Å²) in [5.74, 6) is -0.412. The van der Waals surface area contributed by atoms with E-state index in [2.05, 4.69) is 12.6 Å². The van der Waals surface area contributed by atoms with Gasteiger partial charge < -0.3 is 4.74 Å². The molecule has 1 nitrogen and oxygen atoms in total. The van der Waals surface area contributed by atoms with E-state index in [0.29, 0.717) is 12.7 Å². The molecule has 0 aromatic heterocycles. The summed E-state index contributed by atoms with van der Waals surface area (Å²) in [6, 6.07) is 2.68. The standard InChI is InChI=1S/C13H16F4OS/c14-12-6-5-10(9-11(12)13(15,16)17)18-7-3-1-2-4-8-19/h5-6,9,19H,1-4,7-8H2. The Kier molecular flexibility index (Phi) is 6.48. The van der Waals surface area contributed by atoms with Crippen molar-refractivity contribution in [2.45, 2.75) is 31.9 Å². The molecular formula is C13H16F4OS. The maximum Gasteiger partial charge on any atom is 0.419 e. The third kappa shape index (κ3) is 5.72. The predicted molar refractivity (Wildman–Crippen MR) is 69.2 cm³/mol. The van der Waals surface area contributed by atoms with E-state index < -0.39 is 17.6 Å². The lowest BCUT2D eigenvalue weighted by Gasteiger charge is -2.11. The highest BCUT2D eigenvalue weighted by Gasteiger charge is 2.34. The molecule has 0 radical (unpaired) electrons. The van der Waals surface area contributed by atoms with Gasteiger partial charge in [-0.05, 0) is 36.8 Å². The molecule has 0 aliphatic rings. The van der Waals surface area contributed by atoms with Crippen molar-refractivity contribution in [2.75, 3.05) is 12.4 Å². The van der Waals surface area contributed by atoms with Crippen molar-refractivity contribution in [1.29, 1.82) is 0 Å². The maximum atomic E-state index is 13.0. The molecule has 0 fully saturated rings. The summed E-state index contributed by atoms with van der Waals surface area (Å²) in [5, 5.41) is 0. The van der Waals surface area contributed by atoms with Gasteiger partial charge in [-0.3, -0.25) is 0 Å². The summed E-state index contributed by atoms with van der Waals surface area (Å²) in [5.41, 5.74) is -1.29. The molecule has 0 amide bonds. The van der Waals surface area contributed by atoms with Crippen LogP contribution in [0.1, 0.15) is 31.2 Å². The Hall–Kier alpha value is -0.910. The van der Waals surface area contributed by atoms with Crippen molar-refractivity contribution in [3.63, 3.8) is 0 Å². The van der Waals surface area contributed by atoms with Crippen LogP contribution in [-0.2, 0) is 6.18 Å².